The molecule has 0 radical (unpaired) electrons. The van der Waals surface area contributed by atoms with Gasteiger partial charge in [-0.2, -0.15) is 0 Å². The van der Waals surface area contributed by atoms with Gasteiger partial charge in [0.2, 0.25) is 5.88 Å². The Labute approximate surface area is 127 Å². The highest BCUT2D eigenvalue weighted by Crippen LogP contribution is 2.36. The smallest absolute Gasteiger partial charge is 0.472 e. The molecule has 0 bridgehead atoms. The third-order valence-electron chi connectivity index (χ3n) is 4.01. The summed E-state index contributed by atoms with van der Waals surface area (Å²) in [6, 6.07) is 3.74. The van der Waals surface area contributed by atoms with Crippen molar-refractivity contribution in [2.75, 3.05) is 13.7 Å². The van der Waals surface area contributed by atoms with Crippen LogP contribution in [0.3, 0.4) is 0 Å². The van der Waals surface area contributed by atoms with E-state index in [0.29, 0.717) is 12.5 Å². The van der Waals surface area contributed by atoms with E-state index in [2.05, 4.69) is 4.98 Å². The molecule has 1 aliphatic rings. The van der Waals surface area contributed by atoms with Crippen molar-refractivity contribution in [2.24, 2.45) is 0 Å². The van der Waals surface area contributed by atoms with E-state index in [1.807, 2.05) is 46.8 Å². The third-order valence-corrected chi connectivity index (χ3v) is 4.01. The van der Waals surface area contributed by atoms with Crippen LogP contribution in [-0.2, 0) is 14.0 Å². The second kappa shape index (κ2) is 5.95. The molecule has 6 heteroatoms. The van der Waals surface area contributed by atoms with Crippen LogP contribution in [0.15, 0.2) is 18.3 Å². The number of pyridine rings is 1. The number of ether oxygens (including phenoxy) is 2. The first-order chi connectivity index (χ1) is 9.75. The van der Waals surface area contributed by atoms with Gasteiger partial charge in [0.25, 0.3) is 0 Å². The summed E-state index contributed by atoms with van der Waals surface area (Å²) in [4.78, 5) is 4.22. The van der Waals surface area contributed by atoms with Crippen molar-refractivity contribution < 1.29 is 18.8 Å². The molecule has 0 saturated carbocycles. The van der Waals surface area contributed by atoms with Crippen LogP contribution in [-0.4, -0.2) is 43.1 Å². The zero-order valence-electron chi connectivity index (χ0n) is 13.7. The molecular formula is C15H24BNO4. The molecule has 2 rings (SSSR count). The summed E-state index contributed by atoms with van der Waals surface area (Å²) in [5.74, 6) is 0.548. The number of hydrogen-bond donors (Lipinski definition) is 0. The first-order valence-corrected chi connectivity index (χ1v) is 7.22. The average molecular weight is 293 g/mol. The summed E-state index contributed by atoms with van der Waals surface area (Å²) in [6.45, 7) is 10.6. The minimum Gasteiger partial charge on any atom is -0.472 e. The molecule has 1 fully saturated rings. The summed E-state index contributed by atoms with van der Waals surface area (Å²) in [5, 5.41) is 0. The van der Waals surface area contributed by atoms with Gasteiger partial charge < -0.3 is 18.8 Å². The van der Waals surface area contributed by atoms with Crippen molar-refractivity contribution in [3.8, 4) is 5.88 Å². The molecular weight excluding hydrogens is 269 g/mol. The molecule has 1 unspecified atom stereocenters. The van der Waals surface area contributed by atoms with Crippen LogP contribution >= 0.6 is 0 Å². The maximum Gasteiger partial charge on any atom is 0.495 e. The predicted octanol–water partition coefficient (Wildman–Crippen LogP) is 1.79. The molecule has 0 aromatic carbocycles. The molecule has 5 nitrogen and oxygen atoms in total. The van der Waals surface area contributed by atoms with E-state index in [1.54, 1.807) is 13.3 Å². The Bertz CT molecular complexity index is 476. The Morgan fingerprint density at radius 3 is 2.43 bits per heavy atom. The van der Waals surface area contributed by atoms with Crippen molar-refractivity contribution in [3.63, 3.8) is 0 Å². The molecule has 0 spiro atoms. The van der Waals surface area contributed by atoms with E-state index in [1.165, 1.54) is 0 Å². The molecule has 0 amide bonds. The second-order valence-electron chi connectivity index (χ2n) is 6.40. The van der Waals surface area contributed by atoms with Crippen LogP contribution in [0, 0.1) is 0 Å². The second-order valence-corrected chi connectivity index (χ2v) is 6.40. The van der Waals surface area contributed by atoms with Gasteiger partial charge >= 0.3 is 7.12 Å². The van der Waals surface area contributed by atoms with Gasteiger partial charge in [0.15, 0.2) is 0 Å². The van der Waals surface area contributed by atoms with Crippen LogP contribution in [0.4, 0.5) is 0 Å². The maximum absolute atomic E-state index is 6.03. The van der Waals surface area contributed by atoms with E-state index >= 15 is 0 Å². The lowest BCUT2D eigenvalue weighted by Crippen LogP contribution is -2.41. The Morgan fingerprint density at radius 1 is 1.24 bits per heavy atom. The number of aromatic nitrogens is 1. The van der Waals surface area contributed by atoms with Crippen LogP contribution in [0.25, 0.3) is 0 Å². The van der Waals surface area contributed by atoms with Gasteiger partial charge in [-0.25, -0.2) is 4.98 Å². The maximum atomic E-state index is 6.03. The minimum absolute atomic E-state index is 0.0592. The molecule has 0 aliphatic carbocycles. The van der Waals surface area contributed by atoms with Gasteiger partial charge in [0.1, 0.15) is 6.10 Å². The van der Waals surface area contributed by atoms with Crippen LogP contribution < -0.4 is 10.2 Å². The number of methoxy groups -OCH3 is 1. The molecule has 1 aliphatic heterocycles. The minimum atomic E-state index is -0.405. The van der Waals surface area contributed by atoms with Crippen molar-refractivity contribution in [3.05, 3.63) is 18.3 Å². The monoisotopic (exact) mass is 293 g/mol. The van der Waals surface area contributed by atoms with Crippen molar-refractivity contribution in [1.29, 1.82) is 0 Å². The normalized spacial score (nSPS) is 21.3. The summed E-state index contributed by atoms with van der Waals surface area (Å²) >= 11 is 0. The number of rotatable bonds is 5. The topological polar surface area (TPSA) is 49.8 Å². The van der Waals surface area contributed by atoms with Crippen LogP contribution in [0.2, 0.25) is 0 Å². The molecule has 1 aromatic heterocycles. The Morgan fingerprint density at radius 2 is 1.86 bits per heavy atom. The quantitative estimate of drug-likeness (QED) is 0.775. The Hall–Kier alpha value is -1.11. The molecule has 116 valence electrons. The molecule has 1 saturated heterocycles. The zero-order chi connectivity index (χ0) is 15.7. The highest BCUT2D eigenvalue weighted by molar-refractivity contribution is 6.62. The van der Waals surface area contributed by atoms with E-state index in [9.17, 15) is 0 Å². The molecule has 1 aromatic rings. The summed E-state index contributed by atoms with van der Waals surface area (Å²) in [7, 11) is 1.24. The first kappa shape index (κ1) is 16.3. The van der Waals surface area contributed by atoms with E-state index in [0.717, 1.165) is 5.46 Å². The molecule has 2 heterocycles. The lowest BCUT2D eigenvalue weighted by Gasteiger charge is -2.32. The van der Waals surface area contributed by atoms with Crippen molar-refractivity contribution in [2.45, 2.75) is 51.9 Å². The van der Waals surface area contributed by atoms with Crippen LogP contribution in [0.1, 0.15) is 34.6 Å². The summed E-state index contributed by atoms with van der Waals surface area (Å²) < 4.78 is 22.8. The van der Waals surface area contributed by atoms with Gasteiger partial charge in [-0.3, -0.25) is 0 Å². The number of nitrogens with zero attached hydrogens (tertiary/aromatic N) is 1. The first-order valence-electron chi connectivity index (χ1n) is 7.22. The lowest BCUT2D eigenvalue weighted by molar-refractivity contribution is 0.00578. The largest absolute Gasteiger partial charge is 0.495 e. The Kier molecular flexibility index (Phi) is 4.61. The SMILES string of the molecule is COCC(C)Oc1cc(B2OC(C)(C)C(C)(C)O2)ccn1. The molecule has 0 N–H and O–H groups in total. The molecule has 21 heavy (non-hydrogen) atoms. The molecule has 1 atom stereocenters. The van der Waals surface area contributed by atoms with E-state index in [4.69, 9.17) is 18.8 Å². The fourth-order valence-corrected chi connectivity index (χ4v) is 2.09. The van der Waals surface area contributed by atoms with Crippen molar-refractivity contribution in [1.82, 2.24) is 4.98 Å². The lowest BCUT2D eigenvalue weighted by atomic mass is 9.80. The highest BCUT2D eigenvalue weighted by atomic mass is 16.7. The van der Waals surface area contributed by atoms with Gasteiger partial charge in [0.05, 0.1) is 17.8 Å². The predicted molar refractivity (Wildman–Crippen MR) is 81.9 cm³/mol. The van der Waals surface area contributed by atoms with Gasteiger partial charge in [-0.15, -0.1) is 0 Å². The van der Waals surface area contributed by atoms with Gasteiger partial charge in [-0.05, 0) is 46.1 Å². The average Bonchev–Trinajstić information content (AvgIpc) is 2.59. The number of hydrogen-bond acceptors (Lipinski definition) is 5. The van der Waals surface area contributed by atoms with Crippen molar-refractivity contribution >= 4 is 12.6 Å². The third kappa shape index (κ3) is 3.57. The summed E-state index contributed by atoms with van der Waals surface area (Å²) in [5.41, 5.74) is 0.194. The fraction of sp³-hybridized carbons (Fsp3) is 0.667. The summed E-state index contributed by atoms with van der Waals surface area (Å²) in [6.07, 6.45) is 1.64. The standard InChI is InChI=1S/C15H24BNO4/c1-11(10-18-6)19-13-9-12(7-8-17-13)16-20-14(2,3)15(4,5)21-16/h7-9,11H,10H2,1-6H3. The van der Waals surface area contributed by atoms with E-state index < -0.39 is 7.12 Å². The zero-order valence-corrected chi connectivity index (χ0v) is 13.7. The van der Waals surface area contributed by atoms with Gasteiger partial charge in [0, 0.05) is 19.4 Å². The van der Waals surface area contributed by atoms with E-state index in [-0.39, 0.29) is 17.3 Å². The fourth-order valence-electron chi connectivity index (χ4n) is 2.09. The highest BCUT2D eigenvalue weighted by Gasteiger charge is 2.51. The van der Waals surface area contributed by atoms with Crippen LogP contribution in [0.5, 0.6) is 5.88 Å². The van der Waals surface area contributed by atoms with Gasteiger partial charge in [-0.1, -0.05) is 0 Å². The Balaban J connectivity index is 2.12.